The predicted molar refractivity (Wildman–Crippen MR) is 137 cm³/mol. The predicted octanol–water partition coefficient (Wildman–Crippen LogP) is 4.61. The van der Waals surface area contributed by atoms with Gasteiger partial charge in [0.2, 0.25) is 12.2 Å². The van der Waals surface area contributed by atoms with Crippen LogP contribution in [0.4, 0.5) is 0 Å². The molecular weight excluding hydrogens is 454 g/mol. The number of ether oxygens (including phenoxy) is 2. The van der Waals surface area contributed by atoms with E-state index in [0.29, 0.717) is 30.2 Å². The van der Waals surface area contributed by atoms with Crippen molar-refractivity contribution in [2.24, 2.45) is 34.5 Å². The molecule has 0 unspecified atom stereocenters. The normalized spacial score (nSPS) is 40.9. The molecule has 6 heteroatoms. The van der Waals surface area contributed by atoms with Gasteiger partial charge in [-0.15, -0.1) is 0 Å². The van der Waals surface area contributed by atoms with Gasteiger partial charge in [0.05, 0.1) is 12.4 Å². The maximum Gasteiger partial charge on any atom is 0.246 e. The lowest BCUT2D eigenvalue weighted by Gasteiger charge is -2.58. The van der Waals surface area contributed by atoms with Crippen LogP contribution < -0.4 is 5.32 Å². The van der Waals surface area contributed by atoms with Gasteiger partial charge in [0.1, 0.15) is 6.61 Å². The first-order valence-corrected chi connectivity index (χ1v) is 13.7. The Balaban J connectivity index is 1.20. The van der Waals surface area contributed by atoms with E-state index in [1.165, 1.54) is 11.1 Å². The minimum Gasteiger partial charge on any atom is -0.469 e. The van der Waals surface area contributed by atoms with Crippen LogP contribution >= 0.6 is 0 Å². The zero-order valence-corrected chi connectivity index (χ0v) is 21.9. The average Bonchev–Trinajstić information content (AvgIpc) is 3.12. The summed E-state index contributed by atoms with van der Waals surface area (Å²) in [6.45, 7) is 7.40. The number of fused-ring (bicyclic) bond motifs is 5. The Morgan fingerprint density at radius 1 is 1.25 bits per heavy atom. The molecule has 2 N–H and O–H groups in total. The average molecular weight is 496 g/mol. The number of hydrogen-bond donors (Lipinski definition) is 2. The van der Waals surface area contributed by atoms with E-state index in [1.807, 2.05) is 18.2 Å². The SMILES string of the molecule is CC1=CC(=O)C=C2CC[C@H]3[C@@H]4[C@@H](CCCNC(=O)CO[C@H]5C=CC=CO5)C[C@H](O)[C@@]4(C)CC[C@@H]3[C@@]12C. The monoisotopic (exact) mass is 495 g/mol. The summed E-state index contributed by atoms with van der Waals surface area (Å²) in [5.74, 6) is 2.03. The molecule has 0 bridgehead atoms. The third-order valence-electron chi connectivity index (χ3n) is 10.3. The number of amides is 1. The number of carbonyl (C=O) groups is 2. The molecule has 1 aliphatic heterocycles. The number of nitrogens with one attached hydrogen (secondary N) is 1. The Labute approximate surface area is 214 Å². The number of carbonyl (C=O) groups excluding carboxylic acids is 2. The minimum atomic E-state index is -0.508. The van der Waals surface area contributed by atoms with Gasteiger partial charge < -0.3 is 19.9 Å². The molecule has 5 rings (SSSR count). The molecule has 3 saturated carbocycles. The van der Waals surface area contributed by atoms with E-state index in [-0.39, 0.29) is 35.2 Å². The third-order valence-corrected chi connectivity index (χ3v) is 10.3. The number of hydrogen-bond acceptors (Lipinski definition) is 5. The molecule has 1 heterocycles. The van der Waals surface area contributed by atoms with Crippen LogP contribution in [0.25, 0.3) is 0 Å². The molecule has 0 aromatic heterocycles. The van der Waals surface area contributed by atoms with Gasteiger partial charge >= 0.3 is 0 Å². The third kappa shape index (κ3) is 4.41. The zero-order valence-electron chi connectivity index (χ0n) is 21.9. The highest BCUT2D eigenvalue weighted by atomic mass is 16.7. The summed E-state index contributed by atoms with van der Waals surface area (Å²) in [5, 5.41) is 14.2. The van der Waals surface area contributed by atoms with Gasteiger partial charge in [-0.3, -0.25) is 9.59 Å². The number of allylic oxidation sites excluding steroid dienone is 6. The van der Waals surface area contributed by atoms with Crippen LogP contribution in [0.1, 0.15) is 65.7 Å². The highest BCUT2D eigenvalue weighted by Gasteiger charge is 2.61. The van der Waals surface area contributed by atoms with Crippen molar-refractivity contribution in [1.29, 1.82) is 0 Å². The highest BCUT2D eigenvalue weighted by molar-refractivity contribution is 6.02. The fourth-order valence-corrected chi connectivity index (χ4v) is 8.39. The van der Waals surface area contributed by atoms with Crippen molar-refractivity contribution in [1.82, 2.24) is 5.32 Å². The van der Waals surface area contributed by atoms with E-state index >= 15 is 0 Å². The van der Waals surface area contributed by atoms with Gasteiger partial charge in [-0.05, 0) is 105 Å². The van der Waals surface area contributed by atoms with Crippen LogP contribution in [0, 0.1) is 34.5 Å². The molecule has 196 valence electrons. The van der Waals surface area contributed by atoms with Gasteiger partial charge in [0, 0.05) is 12.0 Å². The topological polar surface area (TPSA) is 84.9 Å². The van der Waals surface area contributed by atoms with E-state index in [2.05, 4.69) is 26.1 Å². The summed E-state index contributed by atoms with van der Waals surface area (Å²) >= 11 is 0. The van der Waals surface area contributed by atoms with Crippen molar-refractivity contribution in [2.75, 3.05) is 13.2 Å². The smallest absolute Gasteiger partial charge is 0.246 e. The first kappa shape index (κ1) is 25.5. The lowest BCUT2D eigenvalue weighted by atomic mass is 9.46. The second-order valence-corrected chi connectivity index (χ2v) is 12.0. The second kappa shape index (κ2) is 9.94. The molecule has 0 radical (unpaired) electrons. The maximum absolute atomic E-state index is 12.2. The number of ketones is 1. The standard InChI is InChI=1S/C30H41NO5/c1-19-15-22(32)17-21-9-10-23-24(30(19,21)3)11-12-29(2)25(33)16-20(28(23)29)7-6-13-31-26(34)18-36-27-8-4-5-14-35-27/h4-5,8,14-15,17,20,23-25,27-28,33H,6-7,9-13,16,18H2,1-3H3,(H,31,34)/t20-,23+,24-,25-,27-,28-,29+,30-/m0/s1. The largest absolute Gasteiger partial charge is 0.469 e. The number of aliphatic hydroxyl groups excluding tert-OH is 1. The van der Waals surface area contributed by atoms with Crippen molar-refractivity contribution in [3.63, 3.8) is 0 Å². The minimum absolute atomic E-state index is 0.0285. The second-order valence-electron chi connectivity index (χ2n) is 12.0. The molecular formula is C30H41NO5. The molecule has 1 amide bonds. The van der Waals surface area contributed by atoms with E-state index in [4.69, 9.17) is 9.47 Å². The van der Waals surface area contributed by atoms with Crippen molar-refractivity contribution in [3.8, 4) is 0 Å². The number of rotatable bonds is 7. The summed E-state index contributed by atoms with van der Waals surface area (Å²) in [6.07, 6.45) is 16.9. The van der Waals surface area contributed by atoms with E-state index in [1.54, 1.807) is 18.4 Å². The lowest BCUT2D eigenvalue weighted by Crippen LogP contribution is -2.52. The fourth-order valence-electron chi connectivity index (χ4n) is 8.39. The molecule has 3 fully saturated rings. The molecule has 36 heavy (non-hydrogen) atoms. The van der Waals surface area contributed by atoms with Crippen molar-refractivity contribution in [2.45, 2.75) is 78.1 Å². The van der Waals surface area contributed by atoms with Crippen molar-refractivity contribution >= 4 is 11.7 Å². The van der Waals surface area contributed by atoms with Crippen molar-refractivity contribution in [3.05, 3.63) is 47.8 Å². The van der Waals surface area contributed by atoms with Crippen LogP contribution in [0.3, 0.4) is 0 Å². The Bertz CT molecular complexity index is 1010. The Kier molecular flexibility index (Phi) is 7.03. The maximum atomic E-state index is 12.2. The van der Waals surface area contributed by atoms with Gasteiger partial charge in [-0.1, -0.05) is 31.1 Å². The van der Waals surface area contributed by atoms with Gasteiger partial charge in [-0.2, -0.15) is 0 Å². The zero-order chi connectivity index (χ0) is 25.5. The van der Waals surface area contributed by atoms with Gasteiger partial charge in [0.15, 0.2) is 5.78 Å². The Morgan fingerprint density at radius 2 is 2.08 bits per heavy atom. The molecule has 8 atom stereocenters. The van der Waals surface area contributed by atoms with Gasteiger partial charge in [0.25, 0.3) is 0 Å². The quantitative estimate of drug-likeness (QED) is 0.504. The van der Waals surface area contributed by atoms with E-state index < -0.39 is 6.29 Å². The molecule has 0 aromatic carbocycles. The summed E-state index contributed by atoms with van der Waals surface area (Å²) in [6, 6.07) is 0. The summed E-state index contributed by atoms with van der Waals surface area (Å²) < 4.78 is 10.7. The highest BCUT2D eigenvalue weighted by Crippen LogP contribution is 2.67. The summed E-state index contributed by atoms with van der Waals surface area (Å²) in [4.78, 5) is 24.5. The molecule has 5 aliphatic rings. The lowest BCUT2D eigenvalue weighted by molar-refractivity contribution is -0.135. The molecule has 4 aliphatic carbocycles. The van der Waals surface area contributed by atoms with Crippen LogP contribution in [0.2, 0.25) is 0 Å². The molecule has 0 spiro atoms. The molecule has 6 nitrogen and oxygen atoms in total. The van der Waals surface area contributed by atoms with Gasteiger partial charge in [-0.25, -0.2) is 0 Å². The molecule has 0 aromatic rings. The van der Waals surface area contributed by atoms with Crippen molar-refractivity contribution < 1.29 is 24.2 Å². The first-order chi connectivity index (χ1) is 17.2. The van der Waals surface area contributed by atoms with Crippen LogP contribution in [-0.4, -0.2) is 42.3 Å². The fraction of sp³-hybridized carbons (Fsp3) is 0.667. The summed E-state index contributed by atoms with van der Waals surface area (Å²) in [7, 11) is 0. The number of aliphatic hydroxyl groups is 1. The molecule has 0 saturated heterocycles. The Morgan fingerprint density at radius 3 is 2.86 bits per heavy atom. The van der Waals surface area contributed by atoms with Crippen LogP contribution in [0.5, 0.6) is 0 Å². The Hall–Kier alpha value is -2.18. The van der Waals surface area contributed by atoms with E-state index in [0.717, 1.165) is 44.9 Å². The summed E-state index contributed by atoms with van der Waals surface area (Å²) in [5.41, 5.74) is 2.47. The van der Waals surface area contributed by atoms with E-state index in [9.17, 15) is 14.7 Å². The first-order valence-electron chi connectivity index (χ1n) is 13.7. The van der Waals surface area contributed by atoms with Crippen LogP contribution in [0.15, 0.2) is 47.8 Å². The van der Waals surface area contributed by atoms with Crippen LogP contribution in [-0.2, 0) is 19.1 Å².